The van der Waals surface area contributed by atoms with Gasteiger partial charge in [-0.25, -0.2) is 0 Å². The molecule has 0 N–H and O–H groups in total. The monoisotopic (exact) mass is 262 g/mol. The van der Waals surface area contributed by atoms with E-state index in [1.54, 1.807) is 0 Å². The molecular formula is C13H11ClN2O2. The summed E-state index contributed by atoms with van der Waals surface area (Å²) in [7, 11) is 0. The fourth-order valence-corrected chi connectivity index (χ4v) is 1.82. The first-order chi connectivity index (χ1) is 8.78. The Hall–Kier alpha value is -1.81. The summed E-state index contributed by atoms with van der Waals surface area (Å²) in [6.45, 7) is 1.97. The van der Waals surface area contributed by atoms with E-state index in [2.05, 4.69) is 10.1 Å². The molecule has 1 atom stereocenters. The van der Waals surface area contributed by atoms with Crippen molar-refractivity contribution in [2.75, 3.05) is 0 Å². The molecule has 1 unspecified atom stereocenters. The van der Waals surface area contributed by atoms with Crippen LogP contribution >= 0.6 is 11.6 Å². The van der Waals surface area contributed by atoms with E-state index in [4.69, 9.17) is 20.5 Å². The lowest BCUT2D eigenvalue weighted by Crippen LogP contribution is -1.90. The highest BCUT2D eigenvalue weighted by Gasteiger charge is 2.17. The van der Waals surface area contributed by atoms with Crippen molar-refractivity contribution in [2.24, 2.45) is 0 Å². The van der Waals surface area contributed by atoms with E-state index in [0.717, 1.165) is 17.4 Å². The first-order valence-electron chi connectivity index (χ1n) is 5.74. The molecule has 0 spiro atoms. The lowest BCUT2D eigenvalue weighted by molar-refractivity contribution is 0.410. The summed E-state index contributed by atoms with van der Waals surface area (Å²) in [6, 6.07) is 9.61. The highest BCUT2D eigenvalue weighted by Crippen LogP contribution is 2.28. The zero-order chi connectivity index (χ0) is 12.5. The third-order valence-corrected chi connectivity index (χ3v) is 3.22. The maximum absolute atomic E-state index is 6.05. The van der Waals surface area contributed by atoms with E-state index in [9.17, 15) is 0 Å². The Bertz CT molecular complexity index is 641. The Balaban J connectivity index is 2.01. The van der Waals surface area contributed by atoms with Gasteiger partial charge in [-0.05, 0) is 18.6 Å². The van der Waals surface area contributed by atoms with Crippen molar-refractivity contribution in [3.8, 4) is 11.7 Å². The number of benzene rings is 1. The third kappa shape index (κ3) is 1.88. The highest BCUT2D eigenvalue weighted by molar-refractivity contribution is 6.20. The second kappa shape index (κ2) is 4.46. The number of rotatable bonds is 3. The molecule has 0 saturated heterocycles. The van der Waals surface area contributed by atoms with Crippen LogP contribution < -0.4 is 0 Å². The van der Waals surface area contributed by atoms with Gasteiger partial charge in [0.1, 0.15) is 5.58 Å². The Morgan fingerprint density at radius 1 is 1.33 bits per heavy atom. The average molecular weight is 263 g/mol. The number of furan rings is 1. The summed E-state index contributed by atoms with van der Waals surface area (Å²) in [5.74, 6) is 1.42. The minimum atomic E-state index is -0.230. The molecule has 5 heteroatoms. The van der Waals surface area contributed by atoms with Crippen LogP contribution in [0.1, 0.15) is 24.5 Å². The maximum Gasteiger partial charge on any atom is 0.293 e. The van der Waals surface area contributed by atoms with Crippen LogP contribution in [0.3, 0.4) is 0 Å². The van der Waals surface area contributed by atoms with Gasteiger partial charge in [-0.15, -0.1) is 11.6 Å². The number of halogens is 1. The normalized spacial score (nSPS) is 13.0. The smallest absolute Gasteiger partial charge is 0.293 e. The SMILES string of the molecule is CCC(Cl)c1noc(-c2cc3ccccc3o2)n1. The molecule has 18 heavy (non-hydrogen) atoms. The zero-order valence-corrected chi connectivity index (χ0v) is 10.5. The summed E-state index contributed by atoms with van der Waals surface area (Å²) in [4.78, 5) is 4.24. The van der Waals surface area contributed by atoms with Crippen LogP contribution in [-0.4, -0.2) is 10.1 Å². The van der Waals surface area contributed by atoms with Gasteiger partial charge < -0.3 is 8.94 Å². The number of hydrogen-bond donors (Lipinski definition) is 0. The minimum absolute atomic E-state index is 0.230. The quantitative estimate of drug-likeness (QED) is 0.665. The standard InChI is InChI=1S/C13H11ClN2O2/c1-2-9(14)12-15-13(18-16-12)11-7-8-5-3-4-6-10(8)17-11/h3-7,9H,2H2,1H3. The summed E-state index contributed by atoms with van der Waals surface area (Å²) in [5, 5.41) is 4.63. The molecule has 1 aromatic carbocycles. The largest absolute Gasteiger partial charge is 0.451 e. The first-order valence-corrected chi connectivity index (χ1v) is 6.18. The van der Waals surface area contributed by atoms with E-state index in [-0.39, 0.29) is 5.38 Å². The van der Waals surface area contributed by atoms with Crippen LogP contribution in [0.25, 0.3) is 22.6 Å². The van der Waals surface area contributed by atoms with Crippen LogP contribution in [0.5, 0.6) is 0 Å². The topological polar surface area (TPSA) is 52.1 Å². The van der Waals surface area contributed by atoms with Crippen molar-refractivity contribution in [3.05, 3.63) is 36.2 Å². The number of para-hydroxylation sites is 1. The minimum Gasteiger partial charge on any atom is -0.451 e. The molecule has 4 nitrogen and oxygen atoms in total. The average Bonchev–Trinajstić information content (AvgIpc) is 3.03. The Kier molecular flexibility index (Phi) is 2.80. The molecule has 0 radical (unpaired) electrons. The molecule has 0 aliphatic heterocycles. The fourth-order valence-electron chi connectivity index (χ4n) is 1.73. The van der Waals surface area contributed by atoms with Gasteiger partial charge >= 0.3 is 0 Å². The molecular weight excluding hydrogens is 252 g/mol. The van der Waals surface area contributed by atoms with Gasteiger partial charge in [-0.2, -0.15) is 4.98 Å². The maximum atomic E-state index is 6.05. The van der Waals surface area contributed by atoms with Crippen LogP contribution in [0, 0.1) is 0 Å². The molecule has 0 amide bonds. The van der Waals surface area contributed by atoms with Crippen molar-refractivity contribution >= 4 is 22.6 Å². The molecule has 3 aromatic rings. The summed E-state index contributed by atoms with van der Waals surface area (Å²) >= 11 is 6.05. The Morgan fingerprint density at radius 2 is 2.17 bits per heavy atom. The number of hydrogen-bond acceptors (Lipinski definition) is 4. The number of fused-ring (bicyclic) bond motifs is 1. The predicted molar refractivity (Wildman–Crippen MR) is 68.4 cm³/mol. The van der Waals surface area contributed by atoms with Crippen LogP contribution in [0.4, 0.5) is 0 Å². The van der Waals surface area contributed by atoms with Gasteiger partial charge in [-0.3, -0.25) is 0 Å². The van der Waals surface area contributed by atoms with Crippen molar-refractivity contribution in [2.45, 2.75) is 18.7 Å². The molecule has 0 aliphatic rings. The fraction of sp³-hybridized carbons (Fsp3) is 0.231. The lowest BCUT2D eigenvalue weighted by Gasteiger charge is -1.95. The summed E-state index contributed by atoms with van der Waals surface area (Å²) in [5.41, 5.74) is 0.796. The second-order valence-corrected chi connectivity index (χ2v) is 4.51. The number of nitrogens with zero attached hydrogens (tertiary/aromatic N) is 2. The zero-order valence-electron chi connectivity index (χ0n) is 9.76. The molecule has 92 valence electrons. The van der Waals surface area contributed by atoms with Crippen molar-refractivity contribution in [1.82, 2.24) is 10.1 Å². The molecule has 2 aromatic heterocycles. The van der Waals surface area contributed by atoms with Gasteiger partial charge in [0, 0.05) is 5.39 Å². The Morgan fingerprint density at radius 3 is 2.94 bits per heavy atom. The van der Waals surface area contributed by atoms with Crippen molar-refractivity contribution < 1.29 is 8.94 Å². The van der Waals surface area contributed by atoms with Gasteiger partial charge in [0.2, 0.25) is 0 Å². The Labute approximate surface area is 109 Å². The second-order valence-electron chi connectivity index (χ2n) is 3.98. The van der Waals surface area contributed by atoms with E-state index >= 15 is 0 Å². The van der Waals surface area contributed by atoms with Crippen LogP contribution in [0.15, 0.2) is 39.3 Å². The molecule has 0 fully saturated rings. The molecule has 3 rings (SSSR count). The summed E-state index contributed by atoms with van der Waals surface area (Å²) < 4.78 is 10.8. The first kappa shape index (κ1) is 11.3. The third-order valence-electron chi connectivity index (χ3n) is 2.72. The molecule has 0 saturated carbocycles. The van der Waals surface area contributed by atoms with E-state index in [1.807, 2.05) is 37.3 Å². The molecule has 0 bridgehead atoms. The van der Waals surface area contributed by atoms with Gasteiger partial charge in [0.25, 0.3) is 5.89 Å². The highest BCUT2D eigenvalue weighted by atomic mass is 35.5. The van der Waals surface area contributed by atoms with Crippen molar-refractivity contribution in [1.29, 1.82) is 0 Å². The van der Waals surface area contributed by atoms with E-state index in [0.29, 0.717) is 17.5 Å². The summed E-state index contributed by atoms with van der Waals surface area (Å²) in [6.07, 6.45) is 0.751. The number of alkyl halides is 1. The van der Waals surface area contributed by atoms with E-state index in [1.165, 1.54) is 0 Å². The lowest BCUT2D eigenvalue weighted by atomic mass is 10.2. The van der Waals surface area contributed by atoms with Crippen molar-refractivity contribution in [3.63, 3.8) is 0 Å². The number of aromatic nitrogens is 2. The van der Waals surface area contributed by atoms with E-state index < -0.39 is 0 Å². The molecule has 2 heterocycles. The van der Waals surface area contributed by atoms with Gasteiger partial charge in [0.05, 0.1) is 5.38 Å². The van der Waals surface area contributed by atoms with Gasteiger partial charge in [-0.1, -0.05) is 30.3 Å². The molecule has 0 aliphatic carbocycles. The van der Waals surface area contributed by atoms with Crippen LogP contribution in [-0.2, 0) is 0 Å². The van der Waals surface area contributed by atoms with Crippen LogP contribution in [0.2, 0.25) is 0 Å². The predicted octanol–water partition coefficient (Wildman–Crippen LogP) is 4.17. The van der Waals surface area contributed by atoms with Gasteiger partial charge in [0.15, 0.2) is 11.6 Å².